The van der Waals surface area contributed by atoms with Crippen LogP contribution in [0.25, 0.3) is 0 Å². The quantitative estimate of drug-likeness (QED) is 0.538. The van der Waals surface area contributed by atoms with Crippen molar-refractivity contribution in [3.05, 3.63) is 5.82 Å². The van der Waals surface area contributed by atoms with E-state index in [1.807, 2.05) is 18.5 Å². The van der Waals surface area contributed by atoms with Gasteiger partial charge in [0.15, 0.2) is 5.16 Å². The number of rotatable bonds is 3. The van der Waals surface area contributed by atoms with E-state index in [1.54, 1.807) is 11.8 Å². The SMILES string of the molecule is Cc1nnc(SCC2(C)CO2)n1C. The lowest BCUT2D eigenvalue weighted by molar-refractivity contribution is 0.348. The Labute approximate surface area is 81.7 Å². The molecule has 0 spiro atoms. The molecule has 1 unspecified atom stereocenters. The summed E-state index contributed by atoms with van der Waals surface area (Å²) in [7, 11) is 1.98. The Kier molecular flexibility index (Phi) is 2.08. The van der Waals surface area contributed by atoms with Gasteiger partial charge in [0.2, 0.25) is 0 Å². The largest absolute Gasteiger partial charge is 0.369 e. The fourth-order valence-corrected chi connectivity index (χ4v) is 1.96. The predicted octanol–water partition coefficient (Wildman–Crippen LogP) is 1.00. The van der Waals surface area contributed by atoms with Crippen LogP contribution < -0.4 is 0 Å². The van der Waals surface area contributed by atoms with E-state index < -0.39 is 0 Å². The lowest BCUT2D eigenvalue weighted by Gasteiger charge is -2.03. The smallest absolute Gasteiger partial charge is 0.191 e. The van der Waals surface area contributed by atoms with Gasteiger partial charge in [0.25, 0.3) is 0 Å². The molecule has 1 aliphatic heterocycles. The first kappa shape index (κ1) is 9.02. The van der Waals surface area contributed by atoms with Crippen molar-refractivity contribution < 1.29 is 4.74 Å². The molecule has 2 rings (SSSR count). The second kappa shape index (κ2) is 2.99. The first-order valence-electron chi connectivity index (χ1n) is 4.23. The minimum atomic E-state index is 0.0878. The third-order valence-electron chi connectivity index (χ3n) is 2.20. The van der Waals surface area contributed by atoms with Crippen LogP contribution in [0.5, 0.6) is 0 Å². The topological polar surface area (TPSA) is 43.2 Å². The predicted molar refractivity (Wildman–Crippen MR) is 50.8 cm³/mol. The summed E-state index contributed by atoms with van der Waals surface area (Å²) in [6.45, 7) is 4.94. The van der Waals surface area contributed by atoms with Crippen LogP contribution in [0, 0.1) is 6.92 Å². The molecule has 0 aliphatic carbocycles. The molecule has 1 aromatic heterocycles. The summed E-state index contributed by atoms with van der Waals surface area (Å²) in [5, 5.41) is 9.02. The van der Waals surface area contributed by atoms with Crippen molar-refractivity contribution in [1.29, 1.82) is 0 Å². The minimum absolute atomic E-state index is 0.0878. The molecule has 1 atom stereocenters. The van der Waals surface area contributed by atoms with Crippen LogP contribution in [-0.4, -0.2) is 32.7 Å². The van der Waals surface area contributed by atoms with Gasteiger partial charge in [-0.15, -0.1) is 10.2 Å². The Morgan fingerprint density at radius 2 is 2.31 bits per heavy atom. The van der Waals surface area contributed by atoms with E-state index in [0.717, 1.165) is 23.3 Å². The molecule has 0 saturated carbocycles. The molecule has 0 radical (unpaired) electrons. The van der Waals surface area contributed by atoms with Crippen LogP contribution in [0.1, 0.15) is 12.7 Å². The van der Waals surface area contributed by atoms with Gasteiger partial charge in [-0.05, 0) is 13.8 Å². The molecule has 0 amide bonds. The Balaban J connectivity index is 1.97. The van der Waals surface area contributed by atoms with Gasteiger partial charge in [-0.1, -0.05) is 11.8 Å². The van der Waals surface area contributed by atoms with Gasteiger partial charge in [0.05, 0.1) is 12.2 Å². The van der Waals surface area contributed by atoms with Crippen LogP contribution >= 0.6 is 11.8 Å². The molecule has 1 saturated heterocycles. The van der Waals surface area contributed by atoms with Crippen LogP contribution in [0.15, 0.2) is 5.16 Å². The van der Waals surface area contributed by atoms with Crippen molar-refractivity contribution in [2.24, 2.45) is 7.05 Å². The molecule has 0 N–H and O–H groups in total. The molecule has 2 heterocycles. The van der Waals surface area contributed by atoms with Crippen molar-refractivity contribution >= 4 is 11.8 Å². The minimum Gasteiger partial charge on any atom is -0.369 e. The molecule has 72 valence electrons. The van der Waals surface area contributed by atoms with Crippen molar-refractivity contribution in [3.63, 3.8) is 0 Å². The molecule has 1 fully saturated rings. The van der Waals surface area contributed by atoms with E-state index in [-0.39, 0.29) is 5.60 Å². The van der Waals surface area contributed by atoms with E-state index >= 15 is 0 Å². The normalized spacial score (nSPS) is 26.4. The third kappa shape index (κ3) is 1.86. The molecule has 5 heteroatoms. The molecule has 4 nitrogen and oxygen atoms in total. The van der Waals surface area contributed by atoms with Gasteiger partial charge in [0.1, 0.15) is 5.82 Å². The summed E-state index contributed by atoms with van der Waals surface area (Å²) in [6, 6.07) is 0. The monoisotopic (exact) mass is 199 g/mol. The molecular weight excluding hydrogens is 186 g/mol. The van der Waals surface area contributed by atoms with Crippen LogP contribution in [0.2, 0.25) is 0 Å². The zero-order chi connectivity index (χ0) is 9.47. The second-order valence-corrected chi connectivity index (χ2v) is 4.56. The summed E-state index contributed by atoms with van der Waals surface area (Å²) in [4.78, 5) is 0. The number of epoxide rings is 1. The Morgan fingerprint density at radius 3 is 2.77 bits per heavy atom. The van der Waals surface area contributed by atoms with Gasteiger partial charge >= 0.3 is 0 Å². The zero-order valence-electron chi connectivity index (χ0n) is 8.07. The Bertz CT molecular complexity index is 319. The van der Waals surface area contributed by atoms with Gasteiger partial charge < -0.3 is 9.30 Å². The third-order valence-corrected chi connectivity index (χ3v) is 3.57. The highest BCUT2D eigenvalue weighted by Crippen LogP contribution is 2.32. The van der Waals surface area contributed by atoms with Crippen molar-refractivity contribution in [2.45, 2.75) is 24.6 Å². The second-order valence-electron chi connectivity index (χ2n) is 3.62. The fourth-order valence-electron chi connectivity index (χ4n) is 0.937. The molecule has 13 heavy (non-hydrogen) atoms. The van der Waals surface area contributed by atoms with Crippen molar-refractivity contribution in [3.8, 4) is 0 Å². The molecule has 0 bridgehead atoms. The van der Waals surface area contributed by atoms with Crippen LogP contribution in [0.3, 0.4) is 0 Å². The van der Waals surface area contributed by atoms with Gasteiger partial charge in [-0.3, -0.25) is 0 Å². The van der Waals surface area contributed by atoms with Gasteiger partial charge in [-0.2, -0.15) is 0 Å². The summed E-state index contributed by atoms with van der Waals surface area (Å²) in [5.41, 5.74) is 0.0878. The Morgan fingerprint density at radius 1 is 1.62 bits per heavy atom. The summed E-state index contributed by atoms with van der Waals surface area (Å²) < 4.78 is 7.28. The average molecular weight is 199 g/mol. The van der Waals surface area contributed by atoms with Crippen LogP contribution in [-0.2, 0) is 11.8 Å². The van der Waals surface area contributed by atoms with Crippen LogP contribution in [0.4, 0.5) is 0 Å². The average Bonchev–Trinajstić information content (AvgIpc) is 2.75. The summed E-state index contributed by atoms with van der Waals surface area (Å²) >= 11 is 1.70. The van der Waals surface area contributed by atoms with E-state index in [9.17, 15) is 0 Å². The molecular formula is C8H13N3OS. The standard InChI is InChI=1S/C8H13N3OS/c1-6-9-10-7(11(6)3)13-5-8(2)4-12-8/h4-5H2,1-3H3. The fraction of sp³-hybridized carbons (Fsp3) is 0.750. The van der Waals surface area contributed by atoms with E-state index in [4.69, 9.17) is 4.74 Å². The first-order chi connectivity index (χ1) is 6.11. The molecule has 1 aliphatic rings. The number of thioether (sulfide) groups is 1. The van der Waals surface area contributed by atoms with Crippen molar-refractivity contribution in [1.82, 2.24) is 14.8 Å². The lowest BCUT2D eigenvalue weighted by Crippen LogP contribution is -2.08. The zero-order valence-corrected chi connectivity index (χ0v) is 8.89. The lowest BCUT2D eigenvalue weighted by atomic mass is 10.3. The summed E-state index contributed by atoms with van der Waals surface area (Å²) in [6.07, 6.45) is 0. The maximum Gasteiger partial charge on any atom is 0.191 e. The summed E-state index contributed by atoms with van der Waals surface area (Å²) in [5.74, 6) is 1.91. The van der Waals surface area contributed by atoms with E-state index in [2.05, 4.69) is 17.1 Å². The van der Waals surface area contributed by atoms with Gasteiger partial charge in [0, 0.05) is 12.8 Å². The number of aromatic nitrogens is 3. The number of ether oxygens (including phenoxy) is 1. The molecule has 0 aromatic carbocycles. The van der Waals surface area contributed by atoms with E-state index in [0.29, 0.717) is 0 Å². The number of hydrogen-bond acceptors (Lipinski definition) is 4. The van der Waals surface area contributed by atoms with Crippen molar-refractivity contribution in [2.75, 3.05) is 12.4 Å². The highest BCUT2D eigenvalue weighted by atomic mass is 32.2. The molecule has 1 aromatic rings. The highest BCUT2D eigenvalue weighted by molar-refractivity contribution is 7.99. The number of hydrogen-bond donors (Lipinski definition) is 0. The van der Waals surface area contributed by atoms with Gasteiger partial charge in [-0.25, -0.2) is 0 Å². The maximum atomic E-state index is 5.29. The highest BCUT2D eigenvalue weighted by Gasteiger charge is 2.39. The maximum absolute atomic E-state index is 5.29. The first-order valence-corrected chi connectivity index (χ1v) is 5.22. The number of aryl methyl sites for hydroxylation is 1. The number of nitrogens with zero attached hydrogens (tertiary/aromatic N) is 3. The van der Waals surface area contributed by atoms with E-state index in [1.165, 1.54) is 0 Å². The Hall–Kier alpha value is -0.550.